The normalized spacial score (nSPS) is 25.7. The van der Waals surface area contributed by atoms with Gasteiger partial charge >= 0.3 is 0 Å². The number of hydrogen-bond donors (Lipinski definition) is 1. The first-order valence-electron chi connectivity index (χ1n) is 5.54. The van der Waals surface area contributed by atoms with Gasteiger partial charge in [-0.1, -0.05) is 6.92 Å². The van der Waals surface area contributed by atoms with Crippen LogP contribution in [0.25, 0.3) is 0 Å². The Balaban J connectivity index is 1.82. The molecule has 1 aromatic rings. The molecular weight excluding hydrogens is 206 g/mol. The van der Waals surface area contributed by atoms with E-state index < -0.39 is 0 Å². The first-order valence-corrected chi connectivity index (χ1v) is 6.42. The van der Waals surface area contributed by atoms with E-state index in [2.05, 4.69) is 22.2 Å². The molecule has 1 aliphatic carbocycles. The molecule has 0 bridgehead atoms. The Labute approximate surface area is 95.1 Å². The third-order valence-corrected chi connectivity index (χ3v) is 3.96. The Kier molecular flexibility index (Phi) is 3.97. The van der Waals surface area contributed by atoms with E-state index in [-0.39, 0.29) is 0 Å². The van der Waals surface area contributed by atoms with Crippen LogP contribution in [-0.4, -0.2) is 27.8 Å². The Morgan fingerprint density at radius 2 is 2.47 bits per heavy atom. The number of rotatable bonds is 4. The topological polar surface area (TPSA) is 37.8 Å². The molecule has 0 spiro atoms. The van der Waals surface area contributed by atoms with Crippen LogP contribution >= 0.6 is 11.8 Å². The molecule has 0 saturated heterocycles. The van der Waals surface area contributed by atoms with Crippen molar-refractivity contribution in [3.63, 3.8) is 0 Å². The standard InChI is InChI=1S/C11H17N3S/c1-2-13-9-3-4-10(7-9)15-11-5-6-12-8-14-11/h5-6,8-10,13H,2-4,7H2,1H3. The summed E-state index contributed by atoms with van der Waals surface area (Å²) in [5.41, 5.74) is 0. The van der Waals surface area contributed by atoms with E-state index in [1.165, 1.54) is 19.3 Å². The van der Waals surface area contributed by atoms with Gasteiger partial charge in [0.2, 0.25) is 0 Å². The molecule has 1 heterocycles. The molecule has 1 aliphatic rings. The van der Waals surface area contributed by atoms with Crippen molar-refractivity contribution in [3.8, 4) is 0 Å². The second-order valence-electron chi connectivity index (χ2n) is 3.86. The Hall–Kier alpha value is -0.610. The zero-order valence-electron chi connectivity index (χ0n) is 9.02. The highest BCUT2D eigenvalue weighted by Crippen LogP contribution is 2.33. The first kappa shape index (κ1) is 10.9. The molecule has 2 rings (SSSR count). The van der Waals surface area contributed by atoms with Gasteiger partial charge in [-0.2, -0.15) is 0 Å². The van der Waals surface area contributed by atoms with Gasteiger partial charge in [-0.3, -0.25) is 0 Å². The van der Waals surface area contributed by atoms with E-state index in [0.717, 1.165) is 16.8 Å². The fourth-order valence-electron chi connectivity index (χ4n) is 2.04. The summed E-state index contributed by atoms with van der Waals surface area (Å²) >= 11 is 1.89. The quantitative estimate of drug-likeness (QED) is 0.793. The minimum atomic E-state index is 0.717. The summed E-state index contributed by atoms with van der Waals surface area (Å²) in [6, 6.07) is 2.71. The van der Waals surface area contributed by atoms with E-state index in [1.54, 1.807) is 6.33 Å². The van der Waals surface area contributed by atoms with Gasteiger partial charge in [0, 0.05) is 17.5 Å². The Morgan fingerprint density at radius 3 is 3.20 bits per heavy atom. The molecule has 0 aliphatic heterocycles. The number of thioether (sulfide) groups is 1. The smallest absolute Gasteiger partial charge is 0.116 e. The Morgan fingerprint density at radius 1 is 1.53 bits per heavy atom. The Bertz CT molecular complexity index is 291. The van der Waals surface area contributed by atoms with Crippen LogP contribution in [0.5, 0.6) is 0 Å². The van der Waals surface area contributed by atoms with Crippen molar-refractivity contribution in [1.29, 1.82) is 0 Å². The molecule has 2 unspecified atom stereocenters. The van der Waals surface area contributed by atoms with Crippen molar-refractivity contribution >= 4 is 11.8 Å². The lowest BCUT2D eigenvalue weighted by Gasteiger charge is -2.10. The monoisotopic (exact) mass is 223 g/mol. The van der Waals surface area contributed by atoms with Crippen molar-refractivity contribution in [2.45, 2.75) is 42.5 Å². The van der Waals surface area contributed by atoms with Crippen LogP contribution in [-0.2, 0) is 0 Å². The molecule has 1 fully saturated rings. The first-order chi connectivity index (χ1) is 7.38. The van der Waals surface area contributed by atoms with Crippen LogP contribution in [0.4, 0.5) is 0 Å². The number of aromatic nitrogens is 2. The molecule has 0 amide bonds. The van der Waals surface area contributed by atoms with Gasteiger partial charge in [-0.05, 0) is 31.9 Å². The summed E-state index contributed by atoms with van der Waals surface area (Å²) in [6.07, 6.45) is 7.30. The van der Waals surface area contributed by atoms with E-state index in [9.17, 15) is 0 Å². The molecule has 1 aromatic heterocycles. The van der Waals surface area contributed by atoms with Crippen molar-refractivity contribution in [3.05, 3.63) is 18.6 Å². The van der Waals surface area contributed by atoms with E-state index >= 15 is 0 Å². The highest BCUT2D eigenvalue weighted by Gasteiger charge is 2.24. The summed E-state index contributed by atoms with van der Waals surface area (Å²) in [4.78, 5) is 8.17. The molecule has 82 valence electrons. The zero-order chi connectivity index (χ0) is 10.5. The van der Waals surface area contributed by atoms with Gasteiger partial charge in [-0.25, -0.2) is 9.97 Å². The summed E-state index contributed by atoms with van der Waals surface area (Å²) < 4.78 is 0. The van der Waals surface area contributed by atoms with E-state index in [4.69, 9.17) is 0 Å². The summed E-state index contributed by atoms with van der Waals surface area (Å²) in [7, 11) is 0. The number of hydrogen-bond acceptors (Lipinski definition) is 4. The van der Waals surface area contributed by atoms with Gasteiger partial charge < -0.3 is 5.32 Å². The second kappa shape index (κ2) is 5.47. The SMILES string of the molecule is CCNC1CCC(Sc2ccncn2)C1. The van der Waals surface area contributed by atoms with Crippen molar-refractivity contribution in [2.75, 3.05) is 6.54 Å². The molecule has 15 heavy (non-hydrogen) atoms. The molecule has 3 nitrogen and oxygen atoms in total. The van der Waals surface area contributed by atoms with Gasteiger partial charge in [0.1, 0.15) is 6.33 Å². The minimum Gasteiger partial charge on any atom is -0.314 e. The fraction of sp³-hybridized carbons (Fsp3) is 0.636. The molecule has 2 atom stereocenters. The molecule has 0 radical (unpaired) electrons. The third kappa shape index (κ3) is 3.18. The van der Waals surface area contributed by atoms with Crippen molar-refractivity contribution in [1.82, 2.24) is 15.3 Å². The molecular formula is C11H17N3S. The van der Waals surface area contributed by atoms with Gasteiger partial charge in [-0.15, -0.1) is 11.8 Å². The van der Waals surface area contributed by atoms with Crippen LogP contribution in [0.1, 0.15) is 26.2 Å². The van der Waals surface area contributed by atoms with Gasteiger partial charge in [0.05, 0.1) is 5.03 Å². The highest BCUT2D eigenvalue weighted by molar-refractivity contribution is 7.99. The second-order valence-corrected chi connectivity index (χ2v) is 5.18. The molecule has 1 saturated carbocycles. The highest BCUT2D eigenvalue weighted by atomic mass is 32.2. The van der Waals surface area contributed by atoms with E-state index in [1.807, 2.05) is 24.0 Å². The van der Waals surface area contributed by atoms with Crippen molar-refractivity contribution < 1.29 is 0 Å². The maximum atomic E-state index is 4.24. The average molecular weight is 223 g/mol. The maximum absolute atomic E-state index is 4.24. The molecule has 0 aromatic carbocycles. The van der Waals surface area contributed by atoms with Crippen LogP contribution in [0.3, 0.4) is 0 Å². The molecule has 1 N–H and O–H groups in total. The predicted molar refractivity (Wildman–Crippen MR) is 63.0 cm³/mol. The summed E-state index contributed by atoms with van der Waals surface area (Å²) in [5, 5.41) is 5.34. The maximum Gasteiger partial charge on any atom is 0.116 e. The lowest BCUT2D eigenvalue weighted by atomic mass is 10.2. The average Bonchev–Trinajstić information content (AvgIpc) is 2.68. The lowest BCUT2D eigenvalue weighted by Crippen LogP contribution is -2.26. The predicted octanol–water partition coefficient (Wildman–Crippen LogP) is 2.10. The largest absolute Gasteiger partial charge is 0.314 e. The van der Waals surface area contributed by atoms with Crippen molar-refractivity contribution in [2.24, 2.45) is 0 Å². The fourth-order valence-corrected chi connectivity index (χ4v) is 3.21. The van der Waals surface area contributed by atoms with Crippen LogP contribution in [0.2, 0.25) is 0 Å². The lowest BCUT2D eigenvalue weighted by molar-refractivity contribution is 0.543. The van der Waals surface area contributed by atoms with Gasteiger partial charge in [0.25, 0.3) is 0 Å². The molecule has 4 heteroatoms. The van der Waals surface area contributed by atoms with E-state index in [0.29, 0.717) is 6.04 Å². The van der Waals surface area contributed by atoms with Crippen LogP contribution < -0.4 is 5.32 Å². The van der Waals surface area contributed by atoms with Crippen LogP contribution in [0.15, 0.2) is 23.6 Å². The third-order valence-electron chi connectivity index (χ3n) is 2.72. The zero-order valence-corrected chi connectivity index (χ0v) is 9.83. The number of nitrogens with one attached hydrogen (secondary N) is 1. The summed E-state index contributed by atoms with van der Waals surface area (Å²) in [5.74, 6) is 0. The van der Waals surface area contributed by atoms with Crippen LogP contribution in [0, 0.1) is 0 Å². The van der Waals surface area contributed by atoms with Gasteiger partial charge in [0.15, 0.2) is 0 Å². The minimum absolute atomic E-state index is 0.717. The number of nitrogens with zero attached hydrogens (tertiary/aromatic N) is 2. The summed E-state index contributed by atoms with van der Waals surface area (Å²) in [6.45, 7) is 3.25.